The van der Waals surface area contributed by atoms with Gasteiger partial charge in [0, 0.05) is 50.6 Å². The largest absolute Gasteiger partial charge is 0.311 e. The van der Waals surface area contributed by atoms with Crippen molar-refractivity contribution in [2.45, 2.75) is 0 Å². The fraction of sp³-hybridized carbons (Fsp3) is 0. The average molecular weight is 1010 g/mol. The molecule has 2 aliphatic heterocycles. The van der Waals surface area contributed by atoms with Gasteiger partial charge in [-0.1, -0.05) is 212 Å². The Morgan fingerprint density at radius 2 is 0.650 bits per heavy atom. The minimum Gasteiger partial charge on any atom is -0.311 e. The predicted molar refractivity (Wildman–Crippen MR) is 341 cm³/mol. The van der Waals surface area contributed by atoms with Gasteiger partial charge in [0.1, 0.15) is 0 Å². The Morgan fingerprint density at radius 1 is 0.225 bits per heavy atom. The van der Waals surface area contributed by atoms with Gasteiger partial charge in [-0.2, -0.15) is 0 Å². The quantitative estimate of drug-likeness (QED) is 0.121. The summed E-state index contributed by atoms with van der Waals surface area (Å²) in [6.07, 6.45) is 0. The lowest BCUT2D eigenvalue weighted by atomic mass is 9.33. The molecule has 15 aromatic rings. The van der Waals surface area contributed by atoms with Crippen molar-refractivity contribution in [2.75, 3.05) is 9.80 Å². The number of aromatic nitrogens is 1. The van der Waals surface area contributed by atoms with Crippen LogP contribution in [0.1, 0.15) is 0 Å². The van der Waals surface area contributed by atoms with Gasteiger partial charge in [0.2, 0.25) is 0 Å². The normalized spacial score (nSPS) is 12.7. The van der Waals surface area contributed by atoms with Gasteiger partial charge >= 0.3 is 0 Å². The molecule has 0 aliphatic carbocycles. The molecule has 0 atom stereocenters. The van der Waals surface area contributed by atoms with Crippen LogP contribution in [0.2, 0.25) is 0 Å². The molecule has 3 nitrogen and oxygen atoms in total. The highest BCUT2D eigenvalue weighted by Crippen LogP contribution is 2.49. The van der Waals surface area contributed by atoms with Gasteiger partial charge in [0.25, 0.3) is 6.71 Å². The lowest BCUT2D eigenvalue weighted by Crippen LogP contribution is -2.61. The fourth-order valence-electron chi connectivity index (χ4n) is 13.6. The zero-order valence-corrected chi connectivity index (χ0v) is 43.6. The first kappa shape index (κ1) is 44.7. The van der Waals surface area contributed by atoms with E-state index in [4.69, 9.17) is 0 Å². The molecule has 0 unspecified atom stereocenters. The molecule has 80 heavy (non-hydrogen) atoms. The highest BCUT2D eigenvalue weighted by atomic mass is 15.2. The van der Waals surface area contributed by atoms with Crippen molar-refractivity contribution in [3.8, 4) is 39.1 Å². The van der Waals surface area contributed by atoms with Crippen molar-refractivity contribution in [1.82, 2.24) is 4.57 Å². The number of hydrogen-bond donors (Lipinski definition) is 0. The van der Waals surface area contributed by atoms with Crippen LogP contribution in [0.25, 0.3) is 104 Å². The van der Waals surface area contributed by atoms with Crippen LogP contribution in [-0.4, -0.2) is 11.3 Å². The molecule has 370 valence electrons. The Labute approximate surface area is 464 Å². The van der Waals surface area contributed by atoms with Crippen molar-refractivity contribution in [1.29, 1.82) is 0 Å². The number of hydrogen-bond acceptors (Lipinski definition) is 2. The predicted octanol–water partition coefficient (Wildman–Crippen LogP) is 18.5. The van der Waals surface area contributed by atoms with E-state index in [1.165, 1.54) is 126 Å². The van der Waals surface area contributed by atoms with E-state index in [1.54, 1.807) is 0 Å². The number of nitrogens with zero attached hydrogens (tertiary/aromatic N) is 3. The standard InChI is InChI=1S/C76H48BN3/c1-4-16-49(17-5-1)51-32-37-60(38-33-51)79-72-47-65-56(30-28-53-20-10-12-24-62(53)65)43-68(72)77-69-44-57-31-29-54-21-11-13-25-63(54)66(57)48-73(69)80(61-39-34-52(35-40-61)50-18-6-2-7-19-50)75-46-58(45-74(79)76(75)77)55-36-41-71-67(42-55)64-26-14-15-27-70(64)78(71)59-22-8-3-9-23-59/h1-48H. The van der Waals surface area contributed by atoms with E-state index >= 15 is 0 Å². The maximum absolute atomic E-state index is 2.58. The second-order valence-corrected chi connectivity index (χ2v) is 21.6. The van der Waals surface area contributed by atoms with E-state index in [0.29, 0.717) is 0 Å². The van der Waals surface area contributed by atoms with Crippen molar-refractivity contribution in [2.24, 2.45) is 0 Å². The van der Waals surface area contributed by atoms with Crippen LogP contribution in [0.5, 0.6) is 0 Å². The third-order valence-electron chi connectivity index (χ3n) is 17.3. The van der Waals surface area contributed by atoms with Crippen LogP contribution < -0.4 is 26.2 Å². The second-order valence-electron chi connectivity index (χ2n) is 21.6. The monoisotopic (exact) mass is 1010 g/mol. The molecular formula is C76H48BN3. The molecule has 2 aliphatic rings. The molecule has 0 fully saturated rings. The second kappa shape index (κ2) is 17.6. The summed E-state index contributed by atoms with van der Waals surface area (Å²) in [6, 6.07) is 109. The number of benzene rings is 14. The van der Waals surface area contributed by atoms with Gasteiger partial charge in [0.05, 0.1) is 11.0 Å². The van der Waals surface area contributed by atoms with Gasteiger partial charge in [-0.25, -0.2) is 0 Å². The molecule has 1 aromatic heterocycles. The molecule has 0 saturated carbocycles. The minimum atomic E-state index is -0.100. The van der Waals surface area contributed by atoms with Gasteiger partial charge in [-0.05, 0) is 172 Å². The highest BCUT2D eigenvalue weighted by Gasteiger charge is 2.44. The van der Waals surface area contributed by atoms with E-state index < -0.39 is 0 Å². The molecule has 0 saturated heterocycles. The first-order chi connectivity index (χ1) is 39.7. The summed E-state index contributed by atoms with van der Waals surface area (Å²) in [6.45, 7) is -0.100. The third-order valence-corrected chi connectivity index (χ3v) is 17.3. The van der Waals surface area contributed by atoms with E-state index in [9.17, 15) is 0 Å². The Bertz CT molecular complexity index is 4760. The molecule has 0 amide bonds. The Balaban J connectivity index is 0.990. The van der Waals surface area contributed by atoms with Gasteiger partial charge in [-0.15, -0.1) is 0 Å². The van der Waals surface area contributed by atoms with Gasteiger partial charge in [-0.3, -0.25) is 0 Å². The average Bonchev–Trinajstić information content (AvgIpc) is 3.89. The summed E-state index contributed by atoms with van der Waals surface area (Å²) < 4.78 is 2.41. The van der Waals surface area contributed by atoms with E-state index in [1.807, 2.05) is 0 Å². The van der Waals surface area contributed by atoms with Crippen LogP contribution in [0.4, 0.5) is 34.1 Å². The minimum absolute atomic E-state index is 0.100. The molecule has 14 aromatic carbocycles. The van der Waals surface area contributed by atoms with Crippen molar-refractivity contribution in [3.63, 3.8) is 0 Å². The van der Waals surface area contributed by atoms with Crippen molar-refractivity contribution < 1.29 is 0 Å². The third kappa shape index (κ3) is 6.82. The van der Waals surface area contributed by atoms with Crippen LogP contribution in [0.3, 0.4) is 0 Å². The Morgan fingerprint density at radius 3 is 1.19 bits per heavy atom. The van der Waals surface area contributed by atoms with E-state index in [2.05, 4.69) is 306 Å². The zero-order chi connectivity index (χ0) is 52.4. The number of para-hydroxylation sites is 2. The summed E-state index contributed by atoms with van der Waals surface area (Å²) in [5, 5.41) is 12.4. The summed E-state index contributed by atoms with van der Waals surface area (Å²) >= 11 is 0. The van der Waals surface area contributed by atoms with E-state index in [0.717, 1.165) is 28.2 Å². The summed E-state index contributed by atoms with van der Waals surface area (Å²) in [5.41, 5.74) is 21.4. The highest BCUT2D eigenvalue weighted by molar-refractivity contribution is 7.00. The molecule has 0 bridgehead atoms. The molecule has 4 heteroatoms. The Kier molecular flexibility index (Phi) is 9.81. The van der Waals surface area contributed by atoms with Crippen molar-refractivity contribution in [3.05, 3.63) is 291 Å². The number of fused-ring (bicyclic) bond motifs is 13. The van der Waals surface area contributed by atoms with Crippen molar-refractivity contribution >= 4 is 122 Å². The Hall–Kier alpha value is -10.4. The summed E-state index contributed by atoms with van der Waals surface area (Å²) in [4.78, 5) is 5.17. The van der Waals surface area contributed by atoms with Crippen LogP contribution >= 0.6 is 0 Å². The first-order valence-electron chi connectivity index (χ1n) is 27.8. The molecule has 0 radical (unpaired) electrons. The topological polar surface area (TPSA) is 11.4 Å². The zero-order valence-electron chi connectivity index (χ0n) is 43.6. The van der Waals surface area contributed by atoms with Gasteiger partial charge in [0.15, 0.2) is 0 Å². The van der Waals surface area contributed by atoms with Crippen LogP contribution in [0.15, 0.2) is 291 Å². The maximum atomic E-state index is 2.58. The smallest absolute Gasteiger partial charge is 0.252 e. The SMILES string of the molecule is c1ccc(-c2ccc(N3c4cc5c(ccc6ccccc65)cc4B4c5cc6ccc7ccccc7c6cc5N(c5ccc(-c6ccccc6)cc5)c5cc(-c6ccc7c(c6)c6ccccc6n7-c6ccccc6)cc3c54)cc2)cc1. The van der Waals surface area contributed by atoms with Crippen LogP contribution in [0, 0.1) is 0 Å². The van der Waals surface area contributed by atoms with E-state index in [-0.39, 0.29) is 6.71 Å². The van der Waals surface area contributed by atoms with Gasteiger partial charge < -0.3 is 14.4 Å². The molecule has 17 rings (SSSR count). The molecule has 3 heterocycles. The summed E-state index contributed by atoms with van der Waals surface area (Å²) in [5.74, 6) is 0. The molecule has 0 spiro atoms. The number of anilines is 6. The molecule has 0 N–H and O–H groups in total. The fourth-order valence-corrected chi connectivity index (χ4v) is 13.6. The molecular weight excluding hydrogens is 966 g/mol. The first-order valence-corrected chi connectivity index (χ1v) is 27.8. The lowest BCUT2D eigenvalue weighted by molar-refractivity contribution is 1.18. The number of rotatable bonds is 6. The lowest BCUT2D eigenvalue weighted by Gasteiger charge is -2.45. The van der Waals surface area contributed by atoms with Crippen LogP contribution in [-0.2, 0) is 0 Å². The summed E-state index contributed by atoms with van der Waals surface area (Å²) in [7, 11) is 0. The maximum Gasteiger partial charge on any atom is 0.252 e.